The fourth-order valence-corrected chi connectivity index (χ4v) is 4.19. The molecule has 0 aliphatic carbocycles. The summed E-state index contributed by atoms with van der Waals surface area (Å²) in [6.07, 6.45) is 4.47. The molecule has 8 heteroatoms. The van der Waals surface area contributed by atoms with E-state index in [-0.39, 0.29) is 23.5 Å². The van der Waals surface area contributed by atoms with E-state index in [1.54, 1.807) is 32.5 Å². The topological polar surface area (TPSA) is 75.9 Å². The Hall–Kier alpha value is -3.68. The molecule has 1 fully saturated rings. The highest BCUT2D eigenvalue weighted by Crippen LogP contribution is 2.26. The van der Waals surface area contributed by atoms with Gasteiger partial charge in [-0.1, -0.05) is 12.1 Å². The zero-order valence-electron chi connectivity index (χ0n) is 16.2. The minimum Gasteiger partial charge on any atom is -0.337 e. The molecule has 1 N–H and O–H groups in total. The minimum absolute atomic E-state index is 0.0414. The van der Waals surface area contributed by atoms with Crippen LogP contribution in [-0.2, 0) is 0 Å². The number of benzene rings is 2. The number of hydrogen-bond acceptors (Lipinski definition) is 3. The molecule has 1 aliphatic heterocycles. The molecule has 0 spiro atoms. The second kappa shape index (κ2) is 7.29. The minimum atomic E-state index is -0.332. The van der Waals surface area contributed by atoms with E-state index in [0.717, 1.165) is 11.0 Å². The van der Waals surface area contributed by atoms with Gasteiger partial charge < -0.3 is 9.88 Å². The maximum Gasteiger partial charge on any atom is 0.326 e. The van der Waals surface area contributed by atoms with Gasteiger partial charge in [-0.15, -0.1) is 0 Å². The number of piperidine rings is 1. The van der Waals surface area contributed by atoms with Crippen LogP contribution in [0.15, 0.2) is 65.8 Å². The predicted molar refractivity (Wildman–Crippen MR) is 110 cm³/mol. The van der Waals surface area contributed by atoms with Gasteiger partial charge in [0, 0.05) is 24.8 Å². The molecular weight excluding hydrogens is 385 g/mol. The number of nitrogens with zero attached hydrogens (tertiary/aromatic N) is 4. The van der Waals surface area contributed by atoms with Crippen LogP contribution in [0.3, 0.4) is 0 Å². The van der Waals surface area contributed by atoms with E-state index in [1.165, 1.54) is 18.3 Å². The van der Waals surface area contributed by atoms with Gasteiger partial charge in [-0.3, -0.25) is 13.9 Å². The van der Waals surface area contributed by atoms with Gasteiger partial charge in [0.05, 0.1) is 23.6 Å². The van der Waals surface area contributed by atoms with Crippen LogP contribution in [0.2, 0.25) is 0 Å². The van der Waals surface area contributed by atoms with E-state index in [0.29, 0.717) is 37.3 Å². The first-order chi connectivity index (χ1) is 14.6. The predicted octanol–water partition coefficient (Wildman–Crippen LogP) is 3.13. The normalized spacial score (nSPS) is 15.0. The first-order valence-corrected chi connectivity index (χ1v) is 9.88. The fraction of sp³-hybridized carbons (Fsp3) is 0.227. The lowest BCUT2D eigenvalue weighted by molar-refractivity contribution is 0.0687. The van der Waals surface area contributed by atoms with Crippen LogP contribution < -0.4 is 5.69 Å². The van der Waals surface area contributed by atoms with Crippen LogP contribution >= 0.6 is 0 Å². The number of aromatic amines is 1. The first kappa shape index (κ1) is 18.4. The van der Waals surface area contributed by atoms with Gasteiger partial charge in [0.25, 0.3) is 5.91 Å². The number of imidazole rings is 2. The Morgan fingerprint density at radius 2 is 1.80 bits per heavy atom. The monoisotopic (exact) mass is 405 g/mol. The summed E-state index contributed by atoms with van der Waals surface area (Å²) in [5.74, 6) is -0.456. The molecule has 5 rings (SSSR count). The summed E-state index contributed by atoms with van der Waals surface area (Å²) in [5.41, 5.74) is 2.71. The lowest BCUT2D eigenvalue weighted by Gasteiger charge is -2.32. The summed E-state index contributed by atoms with van der Waals surface area (Å²) in [6.45, 7) is 1.09. The molecule has 3 heterocycles. The van der Waals surface area contributed by atoms with Crippen molar-refractivity contribution in [1.29, 1.82) is 0 Å². The molecule has 0 unspecified atom stereocenters. The molecule has 2 aromatic carbocycles. The molecule has 1 amide bonds. The second-order valence-electron chi connectivity index (χ2n) is 7.47. The standard InChI is InChI=1S/C22H20FN5O2/c23-15-5-7-16(8-6-15)27-14-24-13-20(27)21(29)26-11-9-17(10-12-26)28-19-4-2-1-3-18(19)25-22(28)30/h1-8,13-14,17H,9-12H2,(H,25,30). The highest BCUT2D eigenvalue weighted by atomic mass is 19.1. The highest BCUT2D eigenvalue weighted by molar-refractivity contribution is 5.93. The number of carbonyl (C=O) groups excluding carboxylic acids is 1. The van der Waals surface area contributed by atoms with Crippen molar-refractivity contribution in [3.8, 4) is 5.69 Å². The third kappa shape index (κ3) is 3.10. The van der Waals surface area contributed by atoms with Crippen LogP contribution in [0.5, 0.6) is 0 Å². The van der Waals surface area contributed by atoms with Crippen LogP contribution in [0.25, 0.3) is 16.7 Å². The number of hydrogen-bond donors (Lipinski definition) is 1. The number of rotatable bonds is 3. The van der Waals surface area contributed by atoms with Gasteiger partial charge in [0.2, 0.25) is 0 Å². The van der Waals surface area contributed by atoms with Crippen molar-refractivity contribution in [2.45, 2.75) is 18.9 Å². The maximum absolute atomic E-state index is 13.2. The molecule has 1 aliphatic rings. The van der Waals surface area contributed by atoms with Crippen molar-refractivity contribution >= 4 is 16.9 Å². The van der Waals surface area contributed by atoms with Crippen molar-refractivity contribution in [2.24, 2.45) is 0 Å². The molecule has 0 bridgehead atoms. The van der Waals surface area contributed by atoms with Crippen molar-refractivity contribution in [3.05, 3.63) is 83.1 Å². The van der Waals surface area contributed by atoms with E-state index >= 15 is 0 Å². The van der Waals surface area contributed by atoms with Gasteiger partial charge in [-0.05, 0) is 49.2 Å². The number of H-pyrrole nitrogens is 1. The zero-order chi connectivity index (χ0) is 20.7. The Morgan fingerprint density at radius 1 is 1.07 bits per heavy atom. The van der Waals surface area contributed by atoms with Crippen LogP contribution in [0, 0.1) is 5.82 Å². The van der Waals surface area contributed by atoms with Crippen molar-refractivity contribution < 1.29 is 9.18 Å². The molecule has 7 nitrogen and oxygen atoms in total. The first-order valence-electron chi connectivity index (χ1n) is 9.88. The quantitative estimate of drug-likeness (QED) is 0.569. The van der Waals surface area contributed by atoms with Crippen molar-refractivity contribution in [2.75, 3.05) is 13.1 Å². The number of likely N-dealkylation sites (tertiary alicyclic amines) is 1. The molecular formula is C22H20FN5O2. The Balaban J connectivity index is 1.35. The number of carbonyl (C=O) groups is 1. The van der Waals surface area contributed by atoms with Crippen LogP contribution in [0.1, 0.15) is 29.4 Å². The molecule has 0 saturated carbocycles. The Morgan fingerprint density at radius 3 is 2.57 bits per heavy atom. The lowest BCUT2D eigenvalue weighted by atomic mass is 10.0. The molecule has 4 aromatic rings. The Labute approximate surface area is 171 Å². The molecule has 152 valence electrons. The largest absolute Gasteiger partial charge is 0.337 e. The van der Waals surface area contributed by atoms with Crippen molar-refractivity contribution in [3.63, 3.8) is 0 Å². The van der Waals surface area contributed by atoms with Gasteiger partial charge in [0.1, 0.15) is 11.5 Å². The van der Waals surface area contributed by atoms with Gasteiger partial charge in [0.15, 0.2) is 0 Å². The molecule has 0 atom stereocenters. The Kier molecular flexibility index (Phi) is 4.46. The van der Waals surface area contributed by atoms with E-state index in [1.807, 2.05) is 24.3 Å². The average molecular weight is 405 g/mol. The van der Waals surface area contributed by atoms with Crippen molar-refractivity contribution in [1.82, 2.24) is 24.0 Å². The third-order valence-electron chi connectivity index (χ3n) is 5.70. The van der Waals surface area contributed by atoms with E-state index in [2.05, 4.69) is 9.97 Å². The summed E-state index contributed by atoms with van der Waals surface area (Å²) in [4.78, 5) is 34.4. The summed E-state index contributed by atoms with van der Waals surface area (Å²) in [6, 6.07) is 13.6. The van der Waals surface area contributed by atoms with E-state index in [9.17, 15) is 14.0 Å². The molecule has 0 radical (unpaired) electrons. The number of para-hydroxylation sites is 2. The summed E-state index contributed by atoms with van der Waals surface area (Å²) in [7, 11) is 0. The maximum atomic E-state index is 13.2. The van der Waals surface area contributed by atoms with E-state index < -0.39 is 0 Å². The average Bonchev–Trinajstić information content (AvgIpc) is 3.38. The van der Waals surface area contributed by atoms with E-state index in [4.69, 9.17) is 0 Å². The molecule has 1 saturated heterocycles. The third-order valence-corrected chi connectivity index (χ3v) is 5.70. The smallest absolute Gasteiger partial charge is 0.326 e. The molecule has 30 heavy (non-hydrogen) atoms. The summed E-state index contributed by atoms with van der Waals surface area (Å²) in [5, 5.41) is 0. The number of nitrogens with one attached hydrogen (secondary N) is 1. The number of fused-ring (bicyclic) bond motifs is 1. The van der Waals surface area contributed by atoms with Gasteiger partial charge in [-0.2, -0.15) is 0 Å². The SMILES string of the molecule is O=C(c1cncn1-c1ccc(F)cc1)N1CCC(n2c(=O)[nH]c3ccccc32)CC1. The van der Waals surface area contributed by atoms with Gasteiger partial charge in [-0.25, -0.2) is 14.2 Å². The van der Waals surface area contributed by atoms with Crippen LogP contribution in [0.4, 0.5) is 4.39 Å². The zero-order valence-corrected chi connectivity index (χ0v) is 16.2. The molecule has 2 aromatic heterocycles. The highest BCUT2D eigenvalue weighted by Gasteiger charge is 2.28. The lowest BCUT2D eigenvalue weighted by Crippen LogP contribution is -2.41. The Bertz CT molecular complexity index is 1260. The van der Waals surface area contributed by atoms with Gasteiger partial charge >= 0.3 is 5.69 Å². The second-order valence-corrected chi connectivity index (χ2v) is 7.47. The number of halogens is 1. The summed E-state index contributed by atoms with van der Waals surface area (Å²) >= 11 is 0. The number of amides is 1. The summed E-state index contributed by atoms with van der Waals surface area (Å²) < 4.78 is 16.7. The fourth-order valence-electron chi connectivity index (χ4n) is 4.19. The number of aromatic nitrogens is 4. The van der Waals surface area contributed by atoms with Crippen LogP contribution in [-0.4, -0.2) is 43.0 Å².